The number of carbonyl (C=O) groups is 1. The lowest BCUT2D eigenvalue weighted by Gasteiger charge is -2.33. The monoisotopic (exact) mass is 458 g/mol. The van der Waals surface area contributed by atoms with E-state index in [1.165, 1.54) is 5.56 Å². The Morgan fingerprint density at radius 3 is 2.59 bits per heavy atom. The summed E-state index contributed by atoms with van der Waals surface area (Å²) in [6, 6.07) is 14.1. The van der Waals surface area contributed by atoms with Crippen LogP contribution in [-0.4, -0.2) is 76.3 Å². The first-order chi connectivity index (χ1) is 16.7. The van der Waals surface area contributed by atoms with Gasteiger partial charge in [0, 0.05) is 68.5 Å². The van der Waals surface area contributed by atoms with Crippen molar-refractivity contribution in [2.75, 3.05) is 45.8 Å². The number of pyridine rings is 1. The molecule has 3 aromatic rings. The summed E-state index contributed by atoms with van der Waals surface area (Å²) in [5.41, 5.74) is 3.82. The fourth-order valence-electron chi connectivity index (χ4n) is 4.21. The third-order valence-electron chi connectivity index (χ3n) is 6.19. The molecule has 178 valence electrons. The molecular weight excluding hydrogens is 424 g/mol. The first kappa shape index (κ1) is 23.9. The van der Waals surface area contributed by atoms with Crippen LogP contribution in [0.5, 0.6) is 0 Å². The van der Waals surface area contributed by atoms with E-state index in [-0.39, 0.29) is 5.91 Å². The molecule has 0 aliphatic carbocycles. The Bertz CT molecular complexity index is 1060. The van der Waals surface area contributed by atoms with Crippen LogP contribution in [0.3, 0.4) is 0 Å². The van der Waals surface area contributed by atoms with Gasteiger partial charge >= 0.3 is 0 Å². The lowest BCUT2D eigenvalue weighted by Crippen LogP contribution is -2.46. The molecule has 1 aliphatic heterocycles. The Morgan fingerprint density at radius 2 is 1.85 bits per heavy atom. The van der Waals surface area contributed by atoms with Crippen LogP contribution in [0.15, 0.2) is 67.1 Å². The molecule has 0 saturated carbocycles. The van der Waals surface area contributed by atoms with Gasteiger partial charge in [-0.25, -0.2) is 0 Å². The SMILES string of the molecule is CCN1CCN(CCCNC(=O)C=Cc2cn(Cc3ccccc3)nc2-c2cccnc2)CC1. The number of likely N-dealkylation sites (N-methyl/N-ethyl adjacent to an activating group) is 1. The number of hydrogen-bond acceptors (Lipinski definition) is 5. The molecule has 7 nitrogen and oxygen atoms in total. The van der Waals surface area contributed by atoms with E-state index in [1.54, 1.807) is 18.5 Å². The van der Waals surface area contributed by atoms with Crippen LogP contribution in [0.4, 0.5) is 0 Å². The molecule has 4 rings (SSSR count). The van der Waals surface area contributed by atoms with Gasteiger partial charge in [0.1, 0.15) is 5.69 Å². The van der Waals surface area contributed by atoms with Crippen LogP contribution in [0.1, 0.15) is 24.5 Å². The molecule has 0 unspecified atom stereocenters. The summed E-state index contributed by atoms with van der Waals surface area (Å²) in [5.74, 6) is -0.0799. The fraction of sp³-hybridized carbons (Fsp3) is 0.370. The maximum atomic E-state index is 12.4. The molecule has 1 aliphatic rings. The number of benzene rings is 1. The Morgan fingerprint density at radius 1 is 1.06 bits per heavy atom. The summed E-state index contributed by atoms with van der Waals surface area (Å²) in [5, 5.41) is 7.79. The van der Waals surface area contributed by atoms with E-state index in [4.69, 9.17) is 5.10 Å². The number of piperazine rings is 1. The van der Waals surface area contributed by atoms with Crippen LogP contribution in [0.25, 0.3) is 17.3 Å². The number of amides is 1. The molecule has 1 N–H and O–H groups in total. The minimum atomic E-state index is -0.0799. The van der Waals surface area contributed by atoms with E-state index in [2.05, 4.69) is 39.2 Å². The highest BCUT2D eigenvalue weighted by atomic mass is 16.1. The van der Waals surface area contributed by atoms with E-state index in [0.717, 1.165) is 62.5 Å². The van der Waals surface area contributed by atoms with E-state index in [9.17, 15) is 4.79 Å². The molecule has 7 heteroatoms. The van der Waals surface area contributed by atoms with Crippen molar-refractivity contribution in [2.24, 2.45) is 0 Å². The van der Waals surface area contributed by atoms with Crippen LogP contribution in [-0.2, 0) is 11.3 Å². The molecule has 1 amide bonds. The second kappa shape index (κ2) is 12.3. The van der Waals surface area contributed by atoms with Crippen molar-refractivity contribution in [3.63, 3.8) is 0 Å². The minimum absolute atomic E-state index is 0.0799. The number of nitrogens with zero attached hydrogens (tertiary/aromatic N) is 5. The molecule has 2 aromatic heterocycles. The molecule has 3 heterocycles. The molecule has 0 radical (unpaired) electrons. The lowest BCUT2D eigenvalue weighted by atomic mass is 10.1. The van der Waals surface area contributed by atoms with Crippen molar-refractivity contribution in [3.8, 4) is 11.3 Å². The molecule has 34 heavy (non-hydrogen) atoms. The third-order valence-corrected chi connectivity index (χ3v) is 6.19. The molecule has 1 fully saturated rings. The molecule has 0 spiro atoms. The number of carbonyl (C=O) groups excluding carboxylic acids is 1. The van der Waals surface area contributed by atoms with Crippen LogP contribution >= 0.6 is 0 Å². The molecule has 0 atom stereocenters. The van der Waals surface area contributed by atoms with Gasteiger partial charge in [0.2, 0.25) is 5.91 Å². The van der Waals surface area contributed by atoms with Crippen molar-refractivity contribution in [1.82, 2.24) is 29.9 Å². The third kappa shape index (κ3) is 6.85. The maximum Gasteiger partial charge on any atom is 0.244 e. The predicted molar refractivity (Wildman–Crippen MR) is 136 cm³/mol. The highest BCUT2D eigenvalue weighted by Crippen LogP contribution is 2.23. The maximum absolute atomic E-state index is 12.4. The Kier molecular flexibility index (Phi) is 8.60. The highest BCUT2D eigenvalue weighted by molar-refractivity contribution is 5.92. The second-order valence-electron chi connectivity index (χ2n) is 8.61. The Hall–Kier alpha value is -3.29. The Labute approximate surface area is 202 Å². The zero-order chi connectivity index (χ0) is 23.6. The summed E-state index contributed by atoms with van der Waals surface area (Å²) < 4.78 is 1.91. The van der Waals surface area contributed by atoms with Crippen LogP contribution in [0, 0.1) is 0 Å². The number of hydrogen-bond donors (Lipinski definition) is 1. The van der Waals surface area contributed by atoms with Gasteiger partial charge in [0.15, 0.2) is 0 Å². The quantitative estimate of drug-likeness (QED) is 0.374. The van der Waals surface area contributed by atoms with E-state index in [0.29, 0.717) is 13.1 Å². The van der Waals surface area contributed by atoms with Crippen molar-refractivity contribution in [1.29, 1.82) is 0 Å². The van der Waals surface area contributed by atoms with E-state index in [1.807, 2.05) is 47.3 Å². The zero-order valence-electron chi connectivity index (χ0n) is 19.9. The first-order valence-electron chi connectivity index (χ1n) is 12.1. The number of rotatable bonds is 10. The fourth-order valence-corrected chi connectivity index (χ4v) is 4.21. The summed E-state index contributed by atoms with van der Waals surface area (Å²) in [6.45, 7) is 10.2. The van der Waals surface area contributed by atoms with E-state index >= 15 is 0 Å². The summed E-state index contributed by atoms with van der Waals surface area (Å²) in [6.07, 6.45) is 9.93. The zero-order valence-corrected chi connectivity index (χ0v) is 19.9. The Balaban J connectivity index is 1.33. The van der Waals surface area contributed by atoms with Gasteiger partial charge in [-0.3, -0.25) is 14.5 Å². The summed E-state index contributed by atoms with van der Waals surface area (Å²) in [7, 11) is 0. The lowest BCUT2D eigenvalue weighted by molar-refractivity contribution is -0.116. The van der Waals surface area contributed by atoms with Crippen LogP contribution in [0.2, 0.25) is 0 Å². The summed E-state index contributed by atoms with van der Waals surface area (Å²) >= 11 is 0. The highest BCUT2D eigenvalue weighted by Gasteiger charge is 2.14. The topological polar surface area (TPSA) is 66.3 Å². The van der Waals surface area contributed by atoms with Gasteiger partial charge in [0.05, 0.1) is 6.54 Å². The van der Waals surface area contributed by atoms with Gasteiger partial charge in [0.25, 0.3) is 0 Å². The van der Waals surface area contributed by atoms with Crippen molar-refractivity contribution >= 4 is 12.0 Å². The summed E-state index contributed by atoms with van der Waals surface area (Å²) in [4.78, 5) is 21.6. The number of aromatic nitrogens is 3. The van der Waals surface area contributed by atoms with Crippen molar-refractivity contribution in [2.45, 2.75) is 19.9 Å². The van der Waals surface area contributed by atoms with Crippen molar-refractivity contribution < 1.29 is 4.79 Å². The van der Waals surface area contributed by atoms with Crippen LogP contribution < -0.4 is 5.32 Å². The molecule has 1 aromatic carbocycles. The first-order valence-corrected chi connectivity index (χ1v) is 12.1. The standard InChI is InChI=1S/C27H34N6O/c1-2-31-16-18-32(19-17-31)15-7-14-29-26(34)12-11-25-22-33(21-23-8-4-3-5-9-23)30-27(25)24-10-6-13-28-20-24/h3-6,8-13,20,22H,2,7,14-19,21H2,1H3,(H,29,34). The van der Waals surface area contributed by atoms with Gasteiger partial charge in [-0.2, -0.15) is 5.10 Å². The number of nitrogens with one attached hydrogen (secondary N) is 1. The molecule has 0 bridgehead atoms. The second-order valence-corrected chi connectivity index (χ2v) is 8.61. The van der Waals surface area contributed by atoms with Gasteiger partial charge in [-0.05, 0) is 43.3 Å². The normalized spacial score (nSPS) is 15.1. The van der Waals surface area contributed by atoms with Gasteiger partial charge in [-0.1, -0.05) is 37.3 Å². The average Bonchev–Trinajstić information content (AvgIpc) is 3.29. The molecular formula is C27H34N6O. The van der Waals surface area contributed by atoms with Gasteiger partial charge < -0.3 is 15.1 Å². The van der Waals surface area contributed by atoms with Crippen molar-refractivity contribution in [3.05, 3.63) is 78.3 Å². The smallest absolute Gasteiger partial charge is 0.244 e. The predicted octanol–water partition coefficient (Wildman–Crippen LogP) is 3.15. The average molecular weight is 459 g/mol. The molecule has 1 saturated heterocycles. The van der Waals surface area contributed by atoms with Gasteiger partial charge in [-0.15, -0.1) is 0 Å². The largest absolute Gasteiger partial charge is 0.353 e. The minimum Gasteiger partial charge on any atom is -0.353 e. The van der Waals surface area contributed by atoms with E-state index < -0.39 is 0 Å².